The van der Waals surface area contributed by atoms with Crippen molar-refractivity contribution in [2.75, 3.05) is 13.1 Å². The molecular formula is C19H29N3O5. The van der Waals surface area contributed by atoms with Crippen LogP contribution < -0.4 is 10.6 Å². The monoisotopic (exact) mass is 379 g/mol. The van der Waals surface area contributed by atoms with Gasteiger partial charge in [-0.25, -0.2) is 4.79 Å². The maximum Gasteiger partial charge on any atom is 0.407 e. The summed E-state index contributed by atoms with van der Waals surface area (Å²) in [6.45, 7) is 7.91. The van der Waals surface area contributed by atoms with Gasteiger partial charge in [0.2, 0.25) is 5.91 Å². The average molecular weight is 379 g/mol. The summed E-state index contributed by atoms with van der Waals surface area (Å²) in [4.78, 5) is 34.8. The molecule has 1 aromatic rings. The van der Waals surface area contributed by atoms with Crippen LogP contribution in [0.4, 0.5) is 10.5 Å². The van der Waals surface area contributed by atoms with E-state index in [1.807, 2.05) is 0 Å². The highest BCUT2D eigenvalue weighted by molar-refractivity contribution is 5.84. The van der Waals surface area contributed by atoms with Gasteiger partial charge in [0.15, 0.2) is 0 Å². The number of nitrogens with one attached hydrogen (secondary N) is 2. The highest BCUT2D eigenvalue weighted by Crippen LogP contribution is 2.20. The third-order valence-corrected chi connectivity index (χ3v) is 3.75. The maximum atomic E-state index is 12.6. The standard InChI is InChI=1S/C19H29N3O5/c1-5-6-7-12-20-17(23)16(13-21-18(24)27-19(2,3)4)14-8-10-15(11-9-14)22(25)26/h8-11,16H,5-7,12-13H2,1-4H3,(H,20,23)(H,21,24)/t16-/m0/s1. The van der Waals surface area contributed by atoms with Crippen LogP contribution in [0.1, 0.15) is 58.4 Å². The molecular weight excluding hydrogens is 350 g/mol. The fraction of sp³-hybridized carbons (Fsp3) is 0.579. The summed E-state index contributed by atoms with van der Waals surface area (Å²) in [6, 6.07) is 5.76. The van der Waals surface area contributed by atoms with Gasteiger partial charge in [-0.05, 0) is 32.8 Å². The van der Waals surface area contributed by atoms with Gasteiger partial charge < -0.3 is 15.4 Å². The van der Waals surface area contributed by atoms with E-state index in [0.29, 0.717) is 12.1 Å². The summed E-state index contributed by atoms with van der Waals surface area (Å²) in [5.41, 5.74) is -0.111. The van der Waals surface area contributed by atoms with Crippen LogP contribution in [0.5, 0.6) is 0 Å². The van der Waals surface area contributed by atoms with Crippen LogP contribution in [-0.2, 0) is 9.53 Å². The van der Waals surface area contributed by atoms with E-state index in [-0.39, 0.29) is 18.1 Å². The molecule has 2 amide bonds. The number of hydrogen-bond acceptors (Lipinski definition) is 5. The van der Waals surface area contributed by atoms with Gasteiger partial charge in [-0.3, -0.25) is 14.9 Å². The van der Waals surface area contributed by atoms with Gasteiger partial charge in [-0.2, -0.15) is 0 Å². The van der Waals surface area contributed by atoms with Gasteiger partial charge in [-0.1, -0.05) is 31.9 Å². The van der Waals surface area contributed by atoms with Gasteiger partial charge in [-0.15, -0.1) is 0 Å². The molecule has 0 saturated carbocycles. The van der Waals surface area contributed by atoms with Crippen LogP contribution in [-0.4, -0.2) is 35.6 Å². The fourth-order valence-corrected chi connectivity index (χ4v) is 2.40. The van der Waals surface area contributed by atoms with E-state index in [9.17, 15) is 19.7 Å². The quantitative estimate of drug-likeness (QED) is 0.387. The van der Waals surface area contributed by atoms with Crippen molar-refractivity contribution in [2.45, 2.75) is 58.5 Å². The zero-order chi connectivity index (χ0) is 20.4. The van der Waals surface area contributed by atoms with Crippen molar-refractivity contribution >= 4 is 17.7 Å². The van der Waals surface area contributed by atoms with Crippen LogP contribution >= 0.6 is 0 Å². The van der Waals surface area contributed by atoms with Crippen molar-refractivity contribution in [1.82, 2.24) is 10.6 Å². The highest BCUT2D eigenvalue weighted by atomic mass is 16.6. The Morgan fingerprint density at radius 1 is 1.15 bits per heavy atom. The Labute approximate surface area is 159 Å². The number of rotatable bonds is 9. The van der Waals surface area contributed by atoms with Gasteiger partial charge in [0.1, 0.15) is 5.60 Å². The van der Waals surface area contributed by atoms with E-state index >= 15 is 0 Å². The summed E-state index contributed by atoms with van der Waals surface area (Å²) in [5, 5.41) is 16.3. The lowest BCUT2D eigenvalue weighted by Gasteiger charge is -2.22. The van der Waals surface area contributed by atoms with E-state index in [4.69, 9.17) is 4.74 Å². The zero-order valence-corrected chi connectivity index (χ0v) is 16.4. The third-order valence-electron chi connectivity index (χ3n) is 3.75. The first-order chi connectivity index (χ1) is 12.6. The van der Waals surface area contributed by atoms with Crippen LogP contribution in [0, 0.1) is 10.1 Å². The van der Waals surface area contributed by atoms with E-state index in [2.05, 4.69) is 17.6 Å². The molecule has 8 heteroatoms. The molecule has 0 unspecified atom stereocenters. The SMILES string of the molecule is CCCCCNC(=O)[C@@H](CNC(=O)OC(C)(C)C)c1ccc([N+](=O)[O-])cc1. The summed E-state index contributed by atoms with van der Waals surface area (Å²) in [7, 11) is 0. The van der Waals surface area contributed by atoms with Crippen LogP contribution in [0.25, 0.3) is 0 Å². The normalized spacial score (nSPS) is 12.1. The van der Waals surface area contributed by atoms with Gasteiger partial charge >= 0.3 is 6.09 Å². The highest BCUT2D eigenvalue weighted by Gasteiger charge is 2.23. The number of benzene rings is 1. The molecule has 0 saturated heterocycles. The van der Waals surface area contributed by atoms with Crippen molar-refractivity contribution in [3.05, 3.63) is 39.9 Å². The van der Waals surface area contributed by atoms with Crippen molar-refractivity contribution in [3.63, 3.8) is 0 Å². The Bertz CT molecular complexity index is 638. The minimum absolute atomic E-state index is 0.0341. The first-order valence-electron chi connectivity index (χ1n) is 9.13. The van der Waals surface area contributed by atoms with Gasteiger partial charge in [0, 0.05) is 25.2 Å². The molecule has 1 rings (SSSR count). The number of hydrogen-bond donors (Lipinski definition) is 2. The average Bonchev–Trinajstić information content (AvgIpc) is 2.57. The minimum Gasteiger partial charge on any atom is -0.444 e. The molecule has 0 heterocycles. The van der Waals surface area contributed by atoms with Gasteiger partial charge in [0.05, 0.1) is 10.8 Å². The lowest BCUT2D eigenvalue weighted by atomic mass is 9.97. The molecule has 0 radical (unpaired) electrons. The predicted octanol–water partition coefficient (Wildman–Crippen LogP) is 3.51. The summed E-state index contributed by atoms with van der Waals surface area (Å²) in [6.07, 6.45) is 2.31. The first-order valence-corrected chi connectivity index (χ1v) is 9.13. The maximum absolute atomic E-state index is 12.6. The van der Waals surface area contributed by atoms with E-state index in [0.717, 1.165) is 19.3 Å². The number of unbranched alkanes of at least 4 members (excludes halogenated alkanes) is 2. The molecule has 0 fully saturated rings. The molecule has 0 bridgehead atoms. The Kier molecular flexibility index (Phi) is 8.71. The number of amides is 2. The smallest absolute Gasteiger partial charge is 0.407 e. The second-order valence-corrected chi connectivity index (χ2v) is 7.28. The molecule has 2 N–H and O–H groups in total. The molecule has 150 valence electrons. The van der Waals surface area contributed by atoms with Crippen LogP contribution in [0.2, 0.25) is 0 Å². The van der Waals surface area contributed by atoms with Gasteiger partial charge in [0.25, 0.3) is 5.69 Å². The first kappa shape index (κ1) is 22.4. The van der Waals surface area contributed by atoms with Crippen LogP contribution in [0.3, 0.4) is 0 Å². The summed E-state index contributed by atoms with van der Waals surface area (Å²) < 4.78 is 5.20. The number of nitro groups is 1. The number of nitrogens with zero attached hydrogens (tertiary/aromatic N) is 1. The predicted molar refractivity (Wildman–Crippen MR) is 103 cm³/mol. The molecule has 1 atom stereocenters. The molecule has 1 aromatic carbocycles. The third kappa shape index (κ3) is 8.52. The Morgan fingerprint density at radius 2 is 1.78 bits per heavy atom. The van der Waals surface area contributed by atoms with E-state index < -0.39 is 22.5 Å². The Morgan fingerprint density at radius 3 is 2.30 bits per heavy atom. The Hall–Kier alpha value is -2.64. The molecule has 8 nitrogen and oxygen atoms in total. The fourth-order valence-electron chi connectivity index (χ4n) is 2.40. The lowest BCUT2D eigenvalue weighted by Crippen LogP contribution is -2.39. The van der Waals surface area contributed by atoms with E-state index in [1.165, 1.54) is 24.3 Å². The number of carbonyl (C=O) groups is 2. The number of ether oxygens (including phenoxy) is 1. The molecule has 0 aromatic heterocycles. The second-order valence-electron chi connectivity index (χ2n) is 7.28. The molecule has 27 heavy (non-hydrogen) atoms. The summed E-state index contributed by atoms with van der Waals surface area (Å²) in [5.74, 6) is -0.907. The van der Waals surface area contributed by atoms with Crippen molar-refractivity contribution in [1.29, 1.82) is 0 Å². The van der Waals surface area contributed by atoms with Crippen molar-refractivity contribution < 1.29 is 19.2 Å². The largest absolute Gasteiger partial charge is 0.444 e. The topological polar surface area (TPSA) is 111 Å². The Balaban J connectivity index is 2.83. The number of non-ortho nitro benzene ring substituents is 1. The molecule has 0 aliphatic heterocycles. The molecule has 0 aliphatic carbocycles. The number of alkyl carbamates (subject to hydrolysis) is 1. The number of carbonyl (C=O) groups excluding carboxylic acids is 2. The van der Waals surface area contributed by atoms with E-state index in [1.54, 1.807) is 20.8 Å². The van der Waals surface area contributed by atoms with Crippen molar-refractivity contribution in [2.24, 2.45) is 0 Å². The second kappa shape index (κ2) is 10.5. The summed E-state index contributed by atoms with van der Waals surface area (Å²) >= 11 is 0. The minimum atomic E-state index is -0.667. The van der Waals surface area contributed by atoms with Crippen LogP contribution in [0.15, 0.2) is 24.3 Å². The number of nitro benzene ring substituents is 1. The lowest BCUT2D eigenvalue weighted by molar-refractivity contribution is -0.384. The molecule has 0 aliphatic rings. The van der Waals surface area contributed by atoms with Crippen molar-refractivity contribution in [3.8, 4) is 0 Å². The zero-order valence-electron chi connectivity index (χ0n) is 16.4. The molecule has 0 spiro atoms.